The number of nitrogens with zero attached hydrogens (tertiary/aromatic N) is 2. The number of hydrogen-bond acceptors (Lipinski definition) is 4. The number of pyridine rings is 2. The first-order chi connectivity index (χ1) is 9.36. The summed E-state index contributed by atoms with van der Waals surface area (Å²) in [6, 6.07) is 13.4. The summed E-state index contributed by atoms with van der Waals surface area (Å²) in [5.41, 5.74) is 7.28. The van der Waals surface area contributed by atoms with Crippen molar-refractivity contribution in [2.75, 3.05) is 0 Å². The van der Waals surface area contributed by atoms with Gasteiger partial charge in [-0.3, -0.25) is 9.97 Å². The second-order valence-electron chi connectivity index (χ2n) is 4.11. The van der Waals surface area contributed by atoms with Gasteiger partial charge in [-0.25, -0.2) is 0 Å². The fourth-order valence-corrected chi connectivity index (χ4v) is 1.91. The molecule has 0 bridgehead atoms. The second kappa shape index (κ2) is 5.04. The fraction of sp³-hybridized carbons (Fsp3) is 0.0667. The molecule has 3 aromatic rings. The molecule has 0 unspecified atom stereocenters. The quantitative estimate of drug-likeness (QED) is 0.777. The molecular weight excluding hydrogens is 238 g/mol. The third-order valence-corrected chi connectivity index (χ3v) is 2.85. The largest absolute Gasteiger partial charge is 0.455 e. The van der Waals surface area contributed by atoms with E-state index in [1.165, 1.54) is 0 Å². The molecule has 0 aliphatic carbocycles. The SMILES string of the molecule is NCc1ncccc1Oc1ccc2cccnc2c1. The van der Waals surface area contributed by atoms with Crippen molar-refractivity contribution in [3.63, 3.8) is 0 Å². The highest BCUT2D eigenvalue weighted by molar-refractivity contribution is 5.79. The van der Waals surface area contributed by atoms with E-state index in [0.29, 0.717) is 12.3 Å². The topological polar surface area (TPSA) is 61.0 Å². The molecule has 4 nitrogen and oxygen atoms in total. The molecule has 0 radical (unpaired) electrons. The lowest BCUT2D eigenvalue weighted by Crippen LogP contribution is -2.01. The van der Waals surface area contributed by atoms with E-state index in [2.05, 4.69) is 9.97 Å². The Hall–Kier alpha value is -2.46. The summed E-state index contributed by atoms with van der Waals surface area (Å²) in [6.07, 6.45) is 3.47. The van der Waals surface area contributed by atoms with Crippen molar-refractivity contribution >= 4 is 10.9 Å². The summed E-state index contributed by atoms with van der Waals surface area (Å²) in [6.45, 7) is 0.349. The Balaban J connectivity index is 1.96. The average molecular weight is 251 g/mol. The maximum absolute atomic E-state index is 5.83. The number of hydrogen-bond donors (Lipinski definition) is 1. The van der Waals surface area contributed by atoms with Gasteiger partial charge in [0.25, 0.3) is 0 Å². The highest BCUT2D eigenvalue weighted by Crippen LogP contribution is 2.26. The number of fused-ring (bicyclic) bond motifs is 1. The Morgan fingerprint density at radius 2 is 1.84 bits per heavy atom. The Bertz CT molecular complexity index is 712. The third-order valence-electron chi connectivity index (χ3n) is 2.85. The molecule has 0 aliphatic rings. The van der Waals surface area contributed by atoms with Crippen LogP contribution in [0.15, 0.2) is 54.9 Å². The smallest absolute Gasteiger partial charge is 0.150 e. The zero-order chi connectivity index (χ0) is 13.1. The maximum Gasteiger partial charge on any atom is 0.150 e. The van der Waals surface area contributed by atoms with Gasteiger partial charge >= 0.3 is 0 Å². The van der Waals surface area contributed by atoms with Gasteiger partial charge in [0.1, 0.15) is 11.5 Å². The van der Waals surface area contributed by atoms with Crippen molar-refractivity contribution in [2.45, 2.75) is 6.54 Å². The minimum atomic E-state index is 0.349. The van der Waals surface area contributed by atoms with Gasteiger partial charge in [0, 0.05) is 30.4 Å². The van der Waals surface area contributed by atoms with E-state index in [-0.39, 0.29) is 0 Å². The van der Waals surface area contributed by atoms with Crippen LogP contribution < -0.4 is 10.5 Å². The molecule has 3 rings (SSSR count). The van der Waals surface area contributed by atoms with E-state index < -0.39 is 0 Å². The fourth-order valence-electron chi connectivity index (χ4n) is 1.91. The minimum absolute atomic E-state index is 0.349. The molecule has 0 saturated heterocycles. The Kier molecular flexibility index (Phi) is 3.08. The molecule has 0 atom stereocenters. The van der Waals surface area contributed by atoms with Crippen LogP contribution in [0.25, 0.3) is 10.9 Å². The number of benzene rings is 1. The second-order valence-corrected chi connectivity index (χ2v) is 4.11. The molecule has 0 amide bonds. The van der Waals surface area contributed by atoms with Crippen LogP contribution in [0.1, 0.15) is 5.69 Å². The van der Waals surface area contributed by atoms with Crippen LogP contribution in [0.4, 0.5) is 0 Å². The number of ether oxygens (including phenoxy) is 1. The first-order valence-electron chi connectivity index (χ1n) is 6.03. The zero-order valence-corrected chi connectivity index (χ0v) is 10.3. The van der Waals surface area contributed by atoms with Crippen LogP contribution in [-0.4, -0.2) is 9.97 Å². The lowest BCUT2D eigenvalue weighted by molar-refractivity contribution is 0.473. The van der Waals surface area contributed by atoms with Gasteiger partial charge in [-0.05, 0) is 30.3 Å². The summed E-state index contributed by atoms with van der Waals surface area (Å²) < 4.78 is 5.83. The molecule has 2 heterocycles. The molecule has 0 aliphatic heterocycles. The molecule has 2 aromatic heterocycles. The molecule has 0 saturated carbocycles. The number of aromatic nitrogens is 2. The van der Waals surface area contributed by atoms with Crippen molar-refractivity contribution in [2.24, 2.45) is 5.73 Å². The van der Waals surface area contributed by atoms with Gasteiger partial charge in [0.05, 0.1) is 11.2 Å². The van der Waals surface area contributed by atoms with Gasteiger partial charge < -0.3 is 10.5 Å². The van der Waals surface area contributed by atoms with Crippen LogP contribution in [0.5, 0.6) is 11.5 Å². The first kappa shape index (κ1) is 11.6. The third kappa shape index (κ3) is 2.39. The van der Waals surface area contributed by atoms with Crippen molar-refractivity contribution in [1.82, 2.24) is 9.97 Å². The van der Waals surface area contributed by atoms with Crippen LogP contribution in [0, 0.1) is 0 Å². The summed E-state index contributed by atoms with van der Waals surface area (Å²) >= 11 is 0. The van der Waals surface area contributed by atoms with E-state index in [9.17, 15) is 0 Å². The van der Waals surface area contributed by atoms with E-state index in [1.54, 1.807) is 12.4 Å². The first-order valence-corrected chi connectivity index (χ1v) is 6.03. The molecule has 4 heteroatoms. The van der Waals surface area contributed by atoms with Gasteiger partial charge in [-0.1, -0.05) is 6.07 Å². The summed E-state index contributed by atoms with van der Waals surface area (Å²) in [7, 11) is 0. The average Bonchev–Trinajstić information content (AvgIpc) is 2.48. The van der Waals surface area contributed by atoms with Crippen LogP contribution in [0.3, 0.4) is 0 Å². The van der Waals surface area contributed by atoms with Gasteiger partial charge in [0.2, 0.25) is 0 Å². The van der Waals surface area contributed by atoms with Crippen molar-refractivity contribution in [1.29, 1.82) is 0 Å². The van der Waals surface area contributed by atoms with E-state index in [4.69, 9.17) is 10.5 Å². The van der Waals surface area contributed by atoms with Gasteiger partial charge in [-0.15, -0.1) is 0 Å². The van der Waals surface area contributed by atoms with Crippen LogP contribution >= 0.6 is 0 Å². The van der Waals surface area contributed by atoms with Crippen molar-refractivity contribution in [3.8, 4) is 11.5 Å². The summed E-state index contributed by atoms with van der Waals surface area (Å²) in [5.74, 6) is 1.41. The normalized spacial score (nSPS) is 10.6. The molecule has 0 fully saturated rings. The number of nitrogens with two attached hydrogens (primary N) is 1. The maximum atomic E-state index is 5.83. The highest BCUT2D eigenvalue weighted by atomic mass is 16.5. The van der Waals surface area contributed by atoms with Crippen molar-refractivity contribution in [3.05, 3.63) is 60.6 Å². The predicted molar refractivity (Wildman–Crippen MR) is 73.9 cm³/mol. The van der Waals surface area contributed by atoms with Gasteiger partial charge in [-0.2, -0.15) is 0 Å². The standard InChI is InChI=1S/C15H13N3O/c16-10-14-15(4-2-8-18-14)19-12-6-5-11-3-1-7-17-13(11)9-12/h1-9H,10,16H2. The van der Waals surface area contributed by atoms with Gasteiger partial charge in [0.15, 0.2) is 0 Å². The molecular formula is C15H13N3O. The number of rotatable bonds is 3. The zero-order valence-electron chi connectivity index (χ0n) is 10.3. The highest BCUT2D eigenvalue weighted by Gasteiger charge is 2.05. The van der Waals surface area contributed by atoms with Crippen LogP contribution in [-0.2, 0) is 6.54 Å². The molecule has 2 N–H and O–H groups in total. The van der Waals surface area contributed by atoms with E-state index in [1.807, 2.05) is 42.5 Å². The molecule has 19 heavy (non-hydrogen) atoms. The minimum Gasteiger partial charge on any atom is -0.455 e. The molecule has 0 spiro atoms. The monoisotopic (exact) mass is 251 g/mol. The van der Waals surface area contributed by atoms with E-state index in [0.717, 1.165) is 22.3 Å². The lowest BCUT2D eigenvalue weighted by Gasteiger charge is -2.09. The molecule has 94 valence electrons. The Labute approximate surface area is 110 Å². The van der Waals surface area contributed by atoms with Crippen LogP contribution in [0.2, 0.25) is 0 Å². The Morgan fingerprint density at radius 1 is 1.00 bits per heavy atom. The van der Waals surface area contributed by atoms with Crippen molar-refractivity contribution < 1.29 is 4.74 Å². The molecule has 1 aromatic carbocycles. The van der Waals surface area contributed by atoms with E-state index >= 15 is 0 Å². The summed E-state index contributed by atoms with van der Waals surface area (Å²) in [5, 5.41) is 1.08. The Morgan fingerprint density at radius 3 is 2.74 bits per heavy atom. The predicted octanol–water partition coefficient (Wildman–Crippen LogP) is 2.88. The summed E-state index contributed by atoms with van der Waals surface area (Å²) in [4.78, 5) is 8.50. The lowest BCUT2D eigenvalue weighted by atomic mass is 10.2.